The second kappa shape index (κ2) is 7.67. The van der Waals surface area contributed by atoms with E-state index in [4.69, 9.17) is 0 Å². The quantitative estimate of drug-likeness (QED) is 0.710. The van der Waals surface area contributed by atoms with Crippen LogP contribution in [0, 0.1) is 5.92 Å². The van der Waals surface area contributed by atoms with Gasteiger partial charge in [0.2, 0.25) is 5.91 Å². The van der Waals surface area contributed by atoms with Crippen molar-refractivity contribution in [3.63, 3.8) is 0 Å². The molecule has 27 heavy (non-hydrogen) atoms. The molecule has 2 aromatic rings. The van der Waals surface area contributed by atoms with E-state index < -0.39 is 0 Å². The summed E-state index contributed by atoms with van der Waals surface area (Å²) in [5, 5.41) is 0. The molecule has 0 spiro atoms. The number of likely N-dealkylation sites (tertiary alicyclic amines) is 1. The first-order valence-electron chi connectivity index (χ1n) is 9.35. The number of amides is 1. The van der Waals surface area contributed by atoms with Crippen molar-refractivity contribution in [2.24, 2.45) is 20.0 Å². The molecule has 0 aromatic carbocycles. The third-order valence-corrected chi connectivity index (χ3v) is 5.43. The first kappa shape index (κ1) is 19.3. The zero-order valence-electron chi connectivity index (χ0n) is 16.5. The fourth-order valence-electron chi connectivity index (χ4n) is 3.81. The van der Waals surface area contributed by atoms with E-state index in [1.165, 1.54) is 9.13 Å². The van der Waals surface area contributed by atoms with E-state index in [0.717, 1.165) is 32.5 Å². The summed E-state index contributed by atoms with van der Waals surface area (Å²) < 4.78 is 4.38. The van der Waals surface area contributed by atoms with Crippen molar-refractivity contribution in [1.29, 1.82) is 0 Å². The van der Waals surface area contributed by atoms with Crippen molar-refractivity contribution in [3.8, 4) is 0 Å². The summed E-state index contributed by atoms with van der Waals surface area (Å²) in [4.78, 5) is 45.3. The van der Waals surface area contributed by atoms with E-state index in [-0.39, 0.29) is 23.1 Å². The third kappa shape index (κ3) is 3.69. The zero-order valence-corrected chi connectivity index (χ0v) is 16.5. The monoisotopic (exact) mass is 376 g/mol. The molecule has 9 nitrogen and oxygen atoms in total. The minimum Gasteiger partial charge on any atom is -0.349 e. The number of aromatic nitrogens is 4. The van der Waals surface area contributed by atoms with Crippen molar-refractivity contribution in [1.82, 2.24) is 28.5 Å². The topological polar surface area (TPSA) is 85.4 Å². The van der Waals surface area contributed by atoms with Crippen LogP contribution < -0.4 is 11.2 Å². The van der Waals surface area contributed by atoms with Crippen molar-refractivity contribution >= 4 is 17.1 Å². The smallest absolute Gasteiger partial charge is 0.332 e. The Balaban J connectivity index is 1.62. The standard InChI is InChI=1S/C18H28N6O3/c1-20(2)16(25)13-6-10-23(11-7-13)8-5-9-24-17(26)14-15(19-12-21(14)3)22(4)18(24)27/h12-13H,5-11H2,1-4H3. The van der Waals surface area contributed by atoms with Crippen LogP contribution in [0.4, 0.5) is 0 Å². The average molecular weight is 376 g/mol. The van der Waals surface area contributed by atoms with Crippen LogP contribution in [0.15, 0.2) is 15.9 Å². The van der Waals surface area contributed by atoms with E-state index in [9.17, 15) is 14.4 Å². The Bertz CT molecular complexity index is 946. The predicted octanol–water partition coefficient (Wildman–Crippen LogP) is -0.376. The minimum absolute atomic E-state index is 0.110. The maximum Gasteiger partial charge on any atom is 0.332 e. The lowest BCUT2D eigenvalue weighted by Gasteiger charge is -2.32. The molecular formula is C18H28N6O3. The van der Waals surface area contributed by atoms with Gasteiger partial charge in [0, 0.05) is 40.7 Å². The number of hydrogen-bond donors (Lipinski definition) is 0. The third-order valence-electron chi connectivity index (χ3n) is 5.43. The summed E-state index contributed by atoms with van der Waals surface area (Å²) >= 11 is 0. The van der Waals surface area contributed by atoms with Crippen molar-refractivity contribution in [2.45, 2.75) is 25.8 Å². The van der Waals surface area contributed by atoms with Gasteiger partial charge in [0.05, 0.1) is 6.33 Å². The SMILES string of the molecule is CN(C)C(=O)C1CCN(CCCn2c(=O)c3c(ncn3C)n(C)c2=O)CC1. The highest BCUT2D eigenvalue weighted by Crippen LogP contribution is 2.19. The number of carbonyl (C=O) groups excluding carboxylic acids is 1. The Hall–Kier alpha value is -2.42. The number of carbonyl (C=O) groups is 1. The Morgan fingerprint density at radius 2 is 1.85 bits per heavy atom. The van der Waals surface area contributed by atoms with Crippen LogP contribution in [0.25, 0.3) is 11.2 Å². The van der Waals surface area contributed by atoms with Crippen LogP contribution in [0.5, 0.6) is 0 Å². The molecule has 1 aliphatic heterocycles. The van der Waals surface area contributed by atoms with E-state index >= 15 is 0 Å². The van der Waals surface area contributed by atoms with Crippen LogP contribution in [-0.4, -0.2) is 68.1 Å². The molecular weight excluding hydrogens is 348 g/mol. The lowest BCUT2D eigenvalue weighted by molar-refractivity contribution is -0.134. The number of imidazole rings is 1. The molecule has 0 N–H and O–H groups in total. The molecule has 0 bridgehead atoms. The molecule has 0 unspecified atom stereocenters. The van der Waals surface area contributed by atoms with E-state index in [1.807, 2.05) is 0 Å². The zero-order chi connectivity index (χ0) is 19.7. The Morgan fingerprint density at radius 1 is 1.19 bits per heavy atom. The van der Waals surface area contributed by atoms with Crippen LogP contribution in [0.2, 0.25) is 0 Å². The largest absolute Gasteiger partial charge is 0.349 e. The number of hydrogen-bond acceptors (Lipinski definition) is 5. The van der Waals surface area contributed by atoms with E-state index in [0.29, 0.717) is 24.1 Å². The average Bonchev–Trinajstić information content (AvgIpc) is 3.04. The summed E-state index contributed by atoms with van der Waals surface area (Å²) in [6, 6.07) is 0. The summed E-state index contributed by atoms with van der Waals surface area (Å²) in [6.07, 6.45) is 3.99. The molecule has 148 valence electrons. The lowest BCUT2D eigenvalue weighted by atomic mass is 9.95. The van der Waals surface area contributed by atoms with Gasteiger partial charge in [0.15, 0.2) is 11.2 Å². The fraction of sp³-hybridized carbons (Fsp3) is 0.667. The van der Waals surface area contributed by atoms with Gasteiger partial charge in [-0.3, -0.25) is 18.7 Å². The first-order chi connectivity index (χ1) is 12.8. The number of piperidine rings is 1. The molecule has 9 heteroatoms. The first-order valence-corrected chi connectivity index (χ1v) is 9.35. The van der Waals surface area contributed by atoms with Crippen LogP contribution in [-0.2, 0) is 25.4 Å². The molecule has 3 rings (SSSR count). The van der Waals surface area contributed by atoms with Gasteiger partial charge < -0.3 is 14.4 Å². The van der Waals surface area contributed by atoms with Gasteiger partial charge in [-0.05, 0) is 38.9 Å². The number of fused-ring (bicyclic) bond motifs is 1. The van der Waals surface area contributed by atoms with Crippen LogP contribution in [0.1, 0.15) is 19.3 Å². The minimum atomic E-state index is -0.332. The summed E-state index contributed by atoms with van der Waals surface area (Å²) in [7, 11) is 6.99. The highest BCUT2D eigenvalue weighted by Gasteiger charge is 2.25. The summed E-state index contributed by atoms with van der Waals surface area (Å²) in [6.45, 7) is 2.93. The second-order valence-electron chi connectivity index (χ2n) is 7.53. The van der Waals surface area contributed by atoms with Gasteiger partial charge in [-0.1, -0.05) is 0 Å². The van der Waals surface area contributed by atoms with Crippen molar-refractivity contribution < 1.29 is 4.79 Å². The normalized spacial score (nSPS) is 16.1. The molecule has 0 radical (unpaired) electrons. The Morgan fingerprint density at radius 3 is 2.48 bits per heavy atom. The summed E-state index contributed by atoms with van der Waals surface area (Å²) in [5.41, 5.74) is 0.237. The predicted molar refractivity (Wildman–Crippen MR) is 103 cm³/mol. The van der Waals surface area contributed by atoms with Crippen LogP contribution in [0.3, 0.4) is 0 Å². The van der Waals surface area contributed by atoms with Gasteiger partial charge >= 0.3 is 5.69 Å². The molecule has 1 saturated heterocycles. The number of nitrogens with zero attached hydrogens (tertiary/aromatic N) is 6. The molecule has 0 saturated carbocycles. The van der Waals surface area contributed by atoms with Gasteiger partial charge in [-0.25, -0.2) is 9.78 Å². The molecule has 0 aliphatic carbocycles. The van der Waals surface area contributed by atoms with E-state index in [2.05, 4.69) is 9.88 Å². The molecule has 0 atom stereocenters. The van der Waals surface area contributed by atoms with Gasteiger partial charge in [-0.2, -0.15) is 0 Å². The molecule has 1 amide bonds. The molecule has 3 heterocycles. The number of aryl methyl sites for hydroxylation is 2. The molecule has 2 aromatic heterocycles. The van der Waals surface area contributed by atoms with Gasteiger partial charge in [0.1, 0.15) is 0 Å². The highest BCUT2D eigenvalue weighted by atomic mass is 16.2. The number of rotatable bonds is 5. The highest BCUT2D eigenvalue weighted by molar-refractivity contribution is 5.78. The Labute approximate surface area is 157 Å². The van der Waals surface area contributed by atoms with Crippen molar-refractivity contribution in [2.75, 3.05) is 33.7 Å². The van der Waals surface area contributed by atoms with Gasteiger partial charge in [-0.15, -0.1) is 0 Å². The van der Waals surface area contributed by atoms with Gasteiger partial charge in [0.25, 0.3) is 5.56 Å². The summed E-state index contributed by atoms with van der Waals surface area (Å²) in [5.74, 6) is 0.313. The lowest BCUT2D eigenvalue weighted by Crippen LogP contribution is -2.42. The fourth-order valence-corrected chi connectivity index (χ4v) is 3.81. The second-order valence-corrected chi connectivity index (χ2v) is 7.53. The van der Waals surface area contributed by atoms with Crippen LogP contribution >= 0.6 is 0 Å². The maximum atomic E-state index is 12.7. The molecule has 1 fully saturated rings. The Kier molecular flexibility index (Phi) is 5.50. The van der Waals surface area contributed by atoms with Crippen molar-refractivity contribution in [3.05, 3.63) is 27.2 Å². The molecule has 1 aliphatic rings. The van der Waals surface area contributed by atoms with E-state index in [1.54, 1.807) is 44.0 Å². The maximum absolute atomic E-state index is 12.7.